The molecule has 1 aromatic rings. The first-order valence-corrected chi connectivity index (χ1v) is 7.61. The van der Waals surface area contributed by atoms with E-state index in [9.17, 15) is 0 Å². The highest BCUT2D eigenvalue weighted by molar-refractivity contribution is 5.49. The second-order valence-electron chi connectivity index (χ2n) is 5.89. The van der Waals surface area contributed by atoms with Gasteiger partial charge in [-0.25, -0.2) is 0 Å². The van der Waals surface area contributed by atoms with Crippen LogP contribution in [-0.2, 0) is 6.54 Å². The molecule has 21 heavy (non-hydrogen) atoms. The zero-order chi connectivity index (χ0) is 14.8. The van der Waals surface area contributed by atoms with Crippen LogP contribution in [0.2, 0.25) is 0 Å². The lowest BCUT2D eigenvalue weighted by Gasteiger charge is -2.40. The van der Waals surface area contributed by atoms with E-state index in [1.165, 1.54) is 11.1 Å². The van der Waals surface area contributed by atoms with Crippen LogP contribution in [-0.4, -0.2) is 63.8 Å². The Morgan fingerprint density at radius 1 is 1.05 bits per heavy atom. The Bertz CT molecular complexity index is 499. The number of piperazine rings is 1. The molecule has 2 heterocycles. The minimum Gasteiger partial charge on any atom is -0.493 e. The van der Waals surface area contributed by atoms with Crippen molar-refractivity contribution in [2.75, 3.05) is 54.0 Å². The number of ether oxygens (including phenoxy) is 2. The lowest BCUT2D eigenvalue weighted by atomic mass is 9.94. The lowest BCUT2D eigenvalue weighted by molar-refractivity contribution is 0.106. The maximum absolute atomic E-state index is 5.48. The van der Waals surface area contributed by atoms with Crippen LogP contribution < -0.4 is 14.8 Å². The van der Waals surface area contributed by atoms with E-state index in [-0.39, 0.29) is 0 Å². The molecule has 2 aliphatic rings. The van der Waals surface area contributed by atoms with Crippen molar-refractivity contribution in [2.45, 2.75) is 12.6 Å². The summed E-state index contributed by atoms with van der Waals surface area (Å²) in [6, 6.07) is 4.71. The van der Waals surface area contributed by atoms with Gasteiger partial charge in [0.15, 0.2) is 11.5 Å². The van der Waals surface area contributed by atoms with Gasteiger partial charge < -0.3 is 19.7 Å². The van der Waals surface area contributed by atoms with Crippen molar-refractivity contribution in [1.29, 1.82) is 0 Å². The molecule has 1 aromatic carbocycles. The fourth-order valence-corrected chi connectivity index (χ4v) is 3.31. The molecule has 0 amide bonds. The number of benzene rings is 1. The van der Waals surface area contributed by atoms with E-state index in [2.05, 4.69) is 34.3 Å². The number of methoxy groups -OCH3 is 2. The van der Waals surface area contributed by atoms with Gasteiger partial charge in [-0.15, -0.1) is 0 Å². The minimum atomic E-state index is 0.433. The highest BCUT2D eigenvalue weighted by atomic mass is 16.5. The standard InChI is InChI=1S/C16H25N3O2/c1-18-4-6-19(7-5-18)14-11-17-10-12-8-15(20-2)16(21-3)9-13(12)14/h8-9,14,17H,4-7,10-11H2,1-3H3/t14-/m1/s1. The molecule has 1 fully saturated rings. The van der Waals surface area contributed by atoms with Gasteiger partial charge in [-0.3, -0.25) is 4.90 Å². The molecule has 3 rings (SSSR count). The Morgan fingerprint density at radius 2 is 1.71 bits per heavy atom. The third kappa shape index (κ3) is 2.86. The van der Waals surface area contributed by atoms with E-state index in [1.807, 2.05) is 0 Å². The summed E-state index contributed by atoms with van der Waals surface area (Å²) >= 11 is 0. The normalized spacial score (nSPS) is 23.7. The van der Waals surface area contributed by atoms with Gasteiger partial charge in [0.2, 0.25) is 0 Å². The highest BCUT2D eigenvalue weighted by Gasteiger charge is 2.29. The number of hydrogen-bond acceptors (Lipinski definition) is 5. The second kappa shape index (κ2) is 6.22. The van der Waals surface area contributed by atoms with Gasteiger partial charge in [0, 0.05) is 45.3 Å². The topological polar surface area (TPSA) is 37.0 Å². The average Bonchev–Trinajstić information content (AvgIpc) is 2.53. The Labute approximate surface area is 126 Å². The van der Waals surface area contributed by atoms with Gasteiger partial charge in [0.1, 0.15) is 0 Å². The summed E-state index contributed by atoms with van der Waals surface area (Å²) in [5, 5.41) is 3.54. The molecule has 5 heteroatoms. The predicted octanol–water partition coefficient (Wildman–Crippen LogP) is 1.10. The second-order valence-corrected chi connectivity index (χ2v) is 5.89. The molecule has 2 aliphatic heterocycles. The average molecular weight is 291 g/mol. The Hall–Kier alpha value is -1.30. The first-order chi connectivity index (χ1) is 10.2. The SMILES string of the molecule is COc1cc2c(cc1OC)[C@H](N1CCN(C)CC1)CNC2. The molecule has 5 nitrogen and oxygen atoms in total. The van der Waals surface area contributed by atoms with Gasteiger partial charge in [-0.2, -0.15) is 0 Å². The van der Waals surface area contributed by atoms with Crippen LogP contribution in [0, 0.1) is 0 Å². The fourth-order valence-electron chi connectivity index (χ4n) is 3.31. The van der Waals surface area contributed by atoms with Crippen molar-refractivity contribution < 1.29 is 9.47 Å². The third-order valence-electron chi connectivity index (χ3n) is 4.64. The molecule has 0 radical (unpaired) electrons. The van der Waals surface area contributed by atoms with Crippen molar-refractivity contribution in [3.05, 3.63) is 23.3 Å². The summed E-state index contributed by atoms with van der Waals surface area (Å²) in [4.78, 5) is 4.97. The van der Waals surface area contributed by atoms with Crippen LogP contribution in [0.3, 0.4) is 0 Å². The molecule has 0 aromatic heterocycles. The highest BCUT2D eigenvalue weighted by Crippen LogP contribution is 2.36. The fraction of sp³-hybridized carbons (Fsp3) is 0.625. The molecule has 0 bridgehead atoms. The molecule has 0 spiro atoms. The van der Waals surface area contributed by atoms with Gasteiger partial charge in [0.25, 0.3) is 0 Å². The molecular formula is C16H25N3O2. The smallest absolute Gasteiger partial charge is 0.161 e. The van der Waals surface area contributed by atoms with E-state index in [0.29, 0.717) is 6.04 Å². The first-order valence-electron chi connectivity index (χ1n) is 7.61. The van der Waals surface area contributed by atoms with E-state index in [4.69, 9.17) is 9.47 Å². The summed E-state index contributed by atoms with van der Waals surface area (Å²) in [5.41, 5.74) is 2.71. The molecule has 1 saturated heterocycles. The van der Waals surface area contributed by atoms with Crippen molar-refractivity contribution >= 4 is 0 Å². The number of nitrogens with zero attached hydrogens (tertiary/aromatic N) is 2. The van der Waals surface area contributed by atoms with Crippen LogP contribution in [0.15, 0.2) is 12.1 Å². The van der Waals surface area contributed by atoms with Crippen molar-refractivity contribution in [1.82, 2.24) is 15.1 Å². The lowest BCUT2D eigenvalue weighted by Crippen LogP contribution is -2.49. The number of hydrogen-bond donors (Lipinski definition) is 1. The van der Waals surface area contributed by atoms with Crippen molar-refractivity contribution in [3.8, 4) is 11.5 Å². The first kappa shape index (κ1) is 14.6. The molecule has 1 atom stereocenters. The quantitative estimate of drug-likeness (QED) is 0.902. The van der Waals surface area contributed by atoms with Crippen LogP contribution in [0.4, 0.5) is 0 Å². The molecule has 1 N–H and O–H groups in total. The zero-order valence-corrected chi connectivity index (χ0v) is 13.2. The maximum Gasteiger partial charge on any atom is 0.161 e. The summed E-state index contributed by atoms with van der Waals surface area (Å²) in [6.45, 7) is 6.43. The summed E-state index contributed by atoms with van der Waals surface area (Å²) in [5.74, 6) is 1.65. The number of nitrogens with one attached hydrogen (secondary N) is 1. The zero-order valence-electron chi connectivity index (χ0n) is 13.2. The van der Waals surface area contributed by atoms with Crippen molar-refractivity contribution in [2.24, 2.45) is 0 Å². The number of fused-ring (bicyclic) bond motifs is 1. The Balaban J connectivity index is 1.90. The summed E-state index contributed by atoms with van der Waals surface area (Å²) in [6.07, 6.45) is 0. The minimum absolute atomic E-state index is 0.433. The monoisotopic (exact) mass is 291 g/mol. The van der Waals surface area contributed by atoms with E-state index in [1.54, 1.807) is 14.2 Å². The van der Waals surface area contributed by atoms with Crippen LogP contribution in [0.5, 0.6) is 11.5 Å². The summed E-state index contributed by atoms with van der Waals surface area (Å²) in [7, 11) is 5.59. The molecular weight excluding hydrogens is 266 g/mol. The summed E-state index contributed by atoms with van der Waals surface area (Å²) < 4.78 is 10.9. The van der Waals surface area contributed by atoms with E-state index < -0.39 is 0 Å². The molecule has 0 aliphatic carbocycles. The van der Waals surface area contributed by atoms with Gasteiger partial charge in [-0.05, 0) is 30.3 Å². The Morgan fingerprint density at radius 3 is 2.38 bits per heavy atom. The number of likely N-dealkylation sites (N-methyl/N-ethyl adjacent to an activating group) is 1. The third-order valence-corrected chi connectivity index (χ3v) is 4.64. The molecule has 0 saturated carbocycles. The van der Waals surface area contributed by atoms with Crippen molar-refractivity contribution in [3.63, 3.8) is 0 Å². The van der Waals surface area contributed by atoms with E-state index >= 15 is 0 Å². The Kier molecular flexibility index (Phi) is 4.33. The van der Waals surface area contributed by atoms with Gasteiger partial charge in [0.05, 0.1) is 14.2 Å². The van der Waals surface area contributed by atoms with Crippen LogP contribution in [0.1, 0.15) is 17.2 Å². The molecule has 116 valence electrons. The number of rotatable bonds is 3. The van der Waals surface area contributed by atoms with E-state index in [0.717, 1.165) is 50.8 Å². The maximum atomic E-state index is 5.48. The van der Waals surface area contributed by atoms with Gasteiger partial charge >= 0.3 is 0 Å². The largest absolute Gasteiger partial charge is 0.493 e. The predicted molar refractivity (Wildman–Crippen MR) is 83.1 cm³/mol. The van der Waals surface area contributed by atoms with Crippen LogP contribution in [0.25, 0.3) is 0 Å². The van der Waals surface area contributed by atoms with Gasteiger partial charge in [-0.1, -0.05) is 0 Å². The molecule has 0 unspecified atom stereocenters. The van der Waals surface area contributed by atoms with Crippen LogP contribution >= 0.6 is 0 Å².